The molecule has 0 aromatic heterocycles. The molecule has 1 unspecified atom stereocenters. The van der Waals surface area contributed by atoms with Crippen molar-refractivity contribution in [3.8, 4) is 5.75 Å². The number of carboxylic acid groups (broad SMARTS) is 1. The van der Waals surface area contributed by atoms with Crippen molar-refractivity contribution in [1.82, 2.24) is 0 Å². The van der Waals surface area contributed by atoms with E-state index in [-0.39, 0.29) is 6.10 Å². The fraction of sp³-hybridized carbons (Fsp3) is 0.500. The van der Waals surface area contributed by atoms with E-state index in [0.717, 1.165) is 11.3 Å². The van der Waals surface area contributed by atoms with Crippen molar-refractivity contribution in [2.75, 3.05) is 0 Å². The minimum absolute atomic E-state index is 0.100. The maximum atomic E-state index is 10.6. The van der Waals surface area contributed by atoms with E-state index in [1.54, 1.807) is 0 Å². The third-order valence-electron chi connectivity index (χ3n) is 2.04. The van der Waals surface area contributed by atoms with Gasteiger partial charge in [0, 0.05) is 0 Å². The molecule has 0 saturated heterocycles. The Morgan fingerprint density at radius 3 is 2.50 bits per heavy atom. The van der Waals surface area contributed by atoms with Gasteiger partial charge in [0.2, 0.25) is 0 Å². The van der Waals surface area contributed by atoms with Crippen LogP contribution in [0.5, 0.6) is 5.75 Å². The molecule has 0 heterocycles. The van der Waals surface area contributed by atoms with Crippen LogP contribution < -0.4 is 10.5 Å². The van der Waals surface area contributed by atoms with Gasteiger partial charge in [0.15, 0.2) is 0 Å². The Balaban J connectivity index is 0.00000137. The largest absolute Gasteiger partial charge is 0.491 e. The van der Waals surface area contributed by atoms with E-state index in [1.165, 1.54) is 0 Å². The predicted molar refractivity (Wildman–Crippen MR) is 72.9 cm³/mol. The molecule has 0 aliphatic heterocycles. The number of hydrogen-bond donors (Lipinski definition) is 2. The summed E-state index contributed by atoms with van der Waals surface area (Å²) in [5.74, 6) is -0.250. The summed E-state index contributed by atoms with van der Waals surface area (Å²) in [6, 6.07) is 6.48. The van der Waals surface area contributed by atoms with Gasteiger partial charge in [-0.15, -0.1) is 0 Å². The van der Waals surface area contributed by atoms with Gasteiger partial charge in [-0.3, -0.25) is 4.79 Å². The molecule has 0 fully saturated rings. The Hall–Kier alpha value is -1.55. The van der Waals surface area contributed by atoms with Crippen molar-refractivity contribution < 1.29 is 14.6 Å². The summed E-state index contributed by atoms with van der Waals surface area (Å²) in [5, 5.41) is 8.70. The van der Waals surface area contributed by atoms with E-state index in [0.29, 0.717) is 6.42 Å². The van der Waals surface area contributed by atoms with Gasteiger partial charge < -0.3 is 15.6 Å². The van der Waals surface area contributed by atoms with Gasteiger partial charge >= 0.3 is 5.97 Å². The van der Waals surface area contributed by atoms with Crippen LogP contribution in [-0.2, 0) is 11.2 Å². The highest BCUT2D eigenvalue weighted by molar-refractivity contribution is 5.73. The minimum atomic E-state index is -0.991. The van der Waals surface area contributed by atoms with Crippen LogP contribution in [0.2, 0.25) is 0 Å². The summed E-state index contributed by atoms with van der Waals surface area (Å²) in [6.45, 7) is 7.88. The molecular formula is C14H23NO3. The SMILES string of the molecule is CC.CC(C)Oc1cccc(CC(N)C(=O)O)c1. The number of benzene rings is 1. The Kier molecular flexibility index (Phi) is 7.79. The maximum Gasteiger partial charge on any atom is 0.320 e. The lowest BCUT2D eigenvalue weighted by Gasteiger charge is -2.11. The third kappa shape index (κ3) is 6.25. The molecule has 0 bridgehead atoms. The van der Waals surface area contributed by atoms with Crippen molar-refractivity contribution in [3.63, 3.8) is 0 Å². The Bertz CT molecular complexity index is 364. The second-order valence-electron chi connectivity index (χ2n) is 3.96. The van der Waals surface area contributed by atoms with Gasteiger partial charge in [0.05, 0.1) is 6.10 Å². The van der Waals surface area contributed by atoms with Crippen molar-refractivity contribution in [1.29, 1.82) is 0 Å². The standard InChI is InChI=1S/C12H17NO3.C2H6/c1-8(2)16-10-5-3-4-9(6-10)7-11(13)12(14)15;1-2/h3-6,8,11H,7,13H2,1-2H3,(H,14,15);1-2H3. The number of nitrogens with two attached hydrogens (primary N) is 1. The fourth-order valence-electron chi connectivity index (χ4n) is 1.36. The molecule has 0 radical (unpaired) electrons. The monoisotopic (exact) mass is 253 g/mol. The van der Waals surface area contributed by atoms with Gasteiger partial charge in [-0.25, -0.2) is 0 Å². The zero-order chi connectivity index (χ0) is 14.1. The molecule has 0 amide bonds. The first-order chi connectivity index (χ1) is 8.49. The van der Waals surface area contributed by atoms with Crippen LogP contribution in [0.1, 0.15) is 33.3 Å². The molecule has 1 rings (SSSR count). The zero-order valence-electron chi connectivity index (χ0n) is 11.5. The van der Waals surface area contributed by atoms with Gasteiger partial charge in [-0.1, -0.05) is 26.0 Å². The van der Waals surface area contributed by atoms with Crippen molar-refractivity contribution in [2.45, 2.75) is 46.3 Å². The van der Waals surface area contributed by atoms with E-state index >= 15 is 0 Å². The van der Waals surface area contributed by atoms with Crippen LogP contribution in [0, 0.1) is 0 Å². The lowest BCUT2D eigenvalue weighted by atomic mass is 10.1. The highest BCUT2D eigenvalue weighted by Gasteiger charge is 2.12. The molecule has 0 aliphatic rings. The van der Waals surface area contributed by atoms with Crippen LogP contribution in [0.4, 0.5) is 0 Å². The molecule has 0 saturated carbocycles. The van der Waals surface area contributed by atoms with Gasteiger partial charge in [0.1, 0.15) is 11.8 Å². The smallest absolute Gasteiger partial charge is 0.320 e. The highest BCUT2D eigenvalue weighted by Crippen LogP contribution is 2.15. The molecular weight excluding hydrogens is 230 g/mol. The topological polar surface area (TPSA) is 72.5 Å². The predicted octanol–water partition coefficient (Wildman–Crippen LogP) is 2.45. The summed E-state index contributed by atoms with van der Waals surface area (Å²) in [5.41, 5.74) is 6.33. The molecule has 102 valence electrons. The van der Waals surface area contributed by atoms with Crippen LogP contribution >= 0.6 is 0 Å². The molecule has 1 atom stereocenters. The number of aliphatic carboxylic acids is 1. The lowest BCUT2D eigenvalue weighted by Crippen LogP contribution is -2.32. The normalized spacial score (nSPS) is 11.4. The number of hydrogen-bond acceptors (Lipinski definition) is 3. The van der Waals surface area contributed by atoms with Gasteiger partial charge in [0.25, 0.3) is 0 Å². The molecule has 0 aliphatic carbocycles. The first-order valence-electron chi connectivity index (χ1n) is 6.23. The first-order valence-corrected chi connectivity index (χ1v) is 6.23. The van der Waals surface area contributed by atoms with Crippen LogP contribution in [-0.4, -0.2) is 23.2 Å². The van der Waals surface area contributed by atoms with E-state index in [9.17, 15) is 4.79 Å². The third-order valence-corrected chi connectivity index (χ3v) is 2.04. The van der Waals surface area contributed by atoms with Crippen LogP contribution in [0.25, 0.3) is 0 Å². The van der Waals surface area contributed by atoms with E-state index < -0.39 is 12.0 Å². The average molecular weight is 253 g/mol. The molecule has 1 aromatic rings. The first kappa shape index (κ1) is 16.4. The summed E-state index contributed by atoms with van der Waals surface area (Å²) < 4.78 is 5.51. The molecule has 1 aromatic carbocycles. The Morgan fingerprint density at radius 2 is 2.00 bits per heavy atom. The van der Waals surface area contributed by atoms with Crippen LogP contribution in [0.15, 0.2) is 24.3 Å². The molecule has 4 heteroatoms. The summed E-state index contributed by atoms with van der Waals surface area (Å²) >= 11 is 0. The molecule has 4 nitrogen and oxygen atoms in total. The number of carbonyl (C=O) groups is 1. The Labute approximate surface area is 109 Å². The second-order valence-corrected chi connectivity index (χ2v) is 3.96. The molecule has 3 N–H and O–H groups in total. The zero-order valence-corrected chi connectivity index (χ0v) is 11.5. The van der Waals surface area contributed by atoms with Gasteiger partial charge in [-0.05, 0) is 38.0 Å². The van der Waals surface area contributed by atoms with Gasteiger partial charge in [-0.2, -0.15) is 0 Å². The number of rotatable bonds is 5. The highest BCUT2D eigenvalue weighted by atomic mass is 16.5. The second kappa shape index (κ2) is 8.53. The quantitative estimate of drug-likeness (QED) is 0.845. The molecule has 18 heavy (non-hydrogen) atoms. The maximum absolute atomic E-state index is 10.6. The molecule has 0 spiro atoms. The lowest BCUT2D eigenvalue weighted by molar-refractivity contribution is -0.138. The average Bonchev–Trinajstić information content (AvgIpc) is 2.31. The van der Waals surface area contributed by atoms with Crippen LogP contribution in [0.3, 0.4) is 0 Å². The number of carboxylic acids is 1. The summed E-state index contributed by atoms with van der Waals surface area (Å²) in [7, 11) is 0. The summed E-state index contributed by atoms with van der Waals surface area (Å²) in [4.78, 5) is 10.6. The number of ether oxygens (including phenoxy) is 1. The van der Waals surface area contributed by atoms with E-state index in [1.807, 2.05) is 52.0 Å². The fourth-order valence-corrected chi connectivity index (χ4v) is 1.36. The van der Waals surface area contributed by atoms with Crippen molar-refractivity contribution in [2.24, 2.45) is 5.73 Å². The van der Waals surface area contributed by atoms with Crippen molar-refractivity contribution >= 4 is 5.97 Å². The minimum Gasteiger partial charge on any atom is -0.491 e. The van der Waals surface area contributed by atoms with E-state index in [4.69, 9.17) is 15.6 Å². The summed E-state index contributed by atoms with van der Waals surface area (Å²) in [6.07, 6.45) is 0.411. The Morgan fingerprint density at radius 1 is 1.39 bits per heavy atom. The van der Waals surface area contributed by atoms with Crippen molar-refractivity contribution in [3.05, 3.63) is 29.8 Å². The van der Waals surface area contributed by atoms with E-state index in [2.05, 4.69) is 0 Å².